The second kappa shape index (κ2) is 10.3. The van der Waals surface area contributed by atoms with Crippen LogP contribution in [0.4, 0.5) is 11.4 Å². The molecule has 0 radical (unpaired) electrons. The largest absolute Gasteiger partial charge is 0.454 e. The molecule has 3 aromatic rings. The topological polar surface area (TPSA) is 115 Å². The number of guanidine groups is 1. The van der Waals surface area contributed by atoms with Crippen molar-refractivity contribution in [3.05, 3.63) is 76.3 Å². The second-order valence-electron chi connectivity index (χ2n) is 9.45. The first-order valence-electron chi connectivity index (χ1n) is 12.2. The molecule has 0 aromatic heterocycles. The molecule has 1 fully saturated rings. The fraction of sp³-hybridized carbons (Fsp3) is 0.259. The molecule has 3 aromatic carbocycles. The Morgan fingerprint density at radius 3 is 2.50 bits per heavy atom. The lowest BCUT2D eigenvalue weighted by Gasteiger charge is -2.36. The smallest absolute Gasteiger partial charge is 0.214 e. The van der Waals surface area contributed by atoms with E-state index in [2.05, 4.69) is 45.9 Å². The molecule has 9 nitrogen and oxygen atoms in total. The molecule has 0 aliphatic carbocycles. The molecule has 2 aliphatic rings. The molecule has 2 aliphatic heterocycles. The van der Waals surface area contributed by atoms with Gasteiger partial charge in [-0.1, -0.05) is 41.9 Å². The van der Waals surface area contributed by atoms with E-state index < -0.39 is 9.84 Å². The van der Waals surface area contributed by atoms with Crippen LogP contribution in [0.2, 0.25) is 5.02 Å². The molecule has 0 atom stereocenters. The van der Waals surface area contributed by atoms with Crippen LogP contribution in [0, 0.1) is 12.3 Å². The number of anilines is 2. The van der Waals surface area contributed by atoms with Gasteiger partial charge in [-0.25, -0.2) is 13.4 Å². The van der Waals surface area contributed by atoms with Gasteiger partial charge in [0.2, 0.25) is 5.96 Å². The van der Waals surface area contributed by atoms with Crippen molar-refractivity contribution in [2.24, 2.45) is 10.8 Å². The summed E-state index contributed by atoms with van der Waals surface area (Å²) in [5.74, 6) is -0.126. The molecule has 198 valence electrons. The third-order valence-corrected chi connectivity index (χ3v) is 8.76. The predicted molar refractivity (Wildman–Crippen MR) is 151 cm³/mol. The maximum Gasteiger partial charge on any atom is 0.214 e. The zero-order valence-corrected chi connectivity index (χ0v) is 22.6. The van der Waals surface area contributed by atoms with Crippen molar-refractivity contribution >= 4 is 45.5 Å². The number of hydrazone groups is 1. The van der Waals surface area contributed by atoms with Gasteiger partial charge in [-0.05, 0) is 42.3 Å². The van der Waals surface area contributed by atoms with E-state index in [1.165, 1.54) is 11.6 Å². The van der Waals surface area contributed by atoms with Crippen molar-refractivity contribution in [3.63, 3.8) is 0 Å². The van der Waals surface area contributed by atoms with Crippen LogP contribution in [0.25, 0.3) is 0 Å². The van der Waals surface area contributed by atoms with Crippen molar-refractivity contribution in [1.82, 2.24) is 4.90 Å². The maximum atomic E-state index is 13.6. The lowest BCUT2D eigenvalue weighted by molar-refractivity contribution is 0.250. The summed E-state index contributed by atoms with van der Waals surface area (Å²) in [6.07, 6.45) is 0. The van der Waals surface area contributed by atoms with Crippen molar-refractivity contribution in [2.45, 2.75) is 24.1 Å². The first kappa shape index (κ1) is 26.0. The third kappa shape index (κ3) is 5.07. The molecule has 1 saturated heterocycles. The molecule has 0 spiro atoms. The Bertz CT molecular complexity index is 1500. The molecule has 5 rings (SSSR count). The van der Waals surface area contributed by atoms with E-state index >= 15 is 0 Å². The monoisotopic (exact) mass is 552 g/mol. The Kier molecular flexibility index (Phi) is 7.04. The standard InChI is InChI=1S/C27H29ClN6O3S/c1-18-12-22(34(31-2)27(29)30)15-24-25(18)37-26-20(17-38(24,35)36)13-21(14-23(26)28)33-10-8-32(9-11-33)16-19-6-4-3-5-7-19/h3-7,12-15H,2,8-11,16-17H2,1H3,(H3,29,30). The van der Waals surface area contributed by atoms with Crippen molar-refractivity contribution in [2.75, 3.05) is 36.1 Å². The highest BCUT2D eigenvalue weighted by molar-refractivity contribution is 7.90. The maximum absolute atomic E-state index is 13.6. The third-order valence-electron chi connectivity index (χ3n) is 6.82. The van der Waals surface area contributed by atoms with Gasteiger partial charge in [0.05, 0.1) is 16.5 Å². The minimum Gasteiger partial charge on any atom is -0.454 e. The van der Waals surface area contributed by atoms with Crippen LogP contribution >= 0.6 is 11.6 Å². The van der Waals surface area contributed by atoms with Crippen molar-refractivity contribution in [3.8, 4) is 11.5 Å². The zero-order chi connectivity index (χ0) is 27.0. The SMILES string of the molecule is C=NN(C(=N)N)c1cc(C)c2c(c1)S(=O)(=O)Cc1cc(N3CCN(Cc4ccccc4)CC3)cc(Cl)c1O2. The molecule has 2 heterocycles. The van der Waals surface area contributed by atoms with E-state index in [0.717, 1.165) is 43.4 Å². The number of aryl methyl sites for hydroxylation is 1. The average Bonchev–Trinajstić information content (AvgIpc) is 2.99. The van der Waals surface area contributed by atoms with E-state index in [1.807, 2.05) is 18.2 Å². The van der Waals surface area contributed by atoms with E-state index in [9.17, 15) is 8.42 Å². The van der Waals surface area contributed by atoms with Gasteiger partial charge in [-0.15, -0.1) is 0 Å². The molecule has 0 unspecified atom stereocenters. The number of nitrogens with two attached hydrogens (primary N) is 1. The van der Waals surface area contributed by atoms with Gasteiger partial charge in [0.25, 0.3) is 0 Å². The van der Waals surface area contributed by atoms with Gasteiger partial charge in [-0.2, -0.15) is 5.10 Å². The summed E-state index contributed by atoms with van der Waals surface area (Å²) in [7, 11) is -3.82. The number of nitrogens with one attached hydrogen (secondary N) is 1. The molecule has 11 heteroatoms. The number of hydrogen-bond donors (Lipinski definition) is 2. The number of fused-ring (bicyclic) bond motifs is 2. The number of ether oxygens (including phenoxy) is 1. The summed E-state index contributed by atoms with van der Waals surface area (Å²) >= 11 is 6.70. The van der Waals surface area contributed by atoms with Crippen molar-refractivity contribution in [1.29, 1.82) is 5.41 Å². The number of hydrogen-bond acceptors (Lipinski definition) is 7. The van der Waals surface area contributed by atoms with Crippen LogP contribution in [-0.4, -0.2) is 52.2 Å². The molecule has 0 saturated carbocycles. The fourth-order valence-electron chi connectivity index (χ4n) is 4.93. The molecular weight excluding hydrogens is 524 g/mol. The Morgan fingerprint density at radius 1 is 1.13 bits per heavy atom. The normalized spacial score (nSPS) is 16.5. The Hall–Kier alpha value is -3.60. The van der Waals surface area contributed by atoms with E-state index in [4.69, 9.17) is 27.5 Å². The number of benzene rings is 3. The first-order chi connectivity index (χ1) is 18.2. The molecule has 3 N–H and O–H groups in total. The predicted octanol–water partition coefficient (Wildman–Crippen LogP) is 4.37. The average molecular weight is 553 g/mol. The van der Waals surface area contributed by atoms with Crippen LogP contribution in [0.1, 0.15) is 16.7 Å². The molecule has 0 bridgehead atoms. The van der Waals surface area contributed by atoms with Crippen LogP contribution in [0.15, 0.2) is 64.6 Å². The lowest BCUT2D eigenvalue weighted by Crippen LogP contribution is -2.46. The fourth-order valence-corrected chi connectivity index (χ4v) is 6.77. The zero-order valence-electron chi connectivity index (χ0n) is 21.0. The number of halogens is 1. The number of sulfone groups is 1. The van der Waals surface area contributed by atoms with Crippen LogP contribution < -0.4 is 20.4 Å². The summed E-state index contributed by atoms with van der Waals surface area (Å²) < 4.78 is 33.3. The van der Waals surface area contributed by atoms with Crippen LogP contribution in [-0.2, 0) is 22.1 Å². The van der Waals surface area contributed by atoms with Gasteiger partial charge in [0, 0.05) is 50.7 Å². The van der Waals surface area contributed by atoms with Gasteiger partial charge in [-0.3, -0.25) is 10.3 Å². The summed E-state index contributed by atoms with van der Waals surface area (Å²) in [5, 5.41) is 12.9. The van der Waals surface area contributed by atoms with Gasteiger partial charge < -0.3 is 15.4 Å². The minimum absolute atomic E-state index is 0.00857. The van der Waals surface area contributed by atoms with Crippen molar-refractivity contribution < 1.29 is 13.2 Å². The summed E-state index contributed by atoms with van der Waals surface area (Å²) in [4.78, 5) is 4.62. The first-order valence-corrected chi connectivity index (χ1v) is 14.2. The quantitative estimate of drug-likeness (QED) is 0.274. The van der Waals surface area contributed by atoms with Gasteiger partial charge >= 0.3 is 0 Å². The summed E-state index contributed by atoms with van der Waals surface area (Å²) in [6, 6.07) is 17.1. The van der Waals surface area contributed by atoms with E-state index in [0.29, 0.717) is 27.6 Å². The lowest BCUT2D eigenvalue weighted by atomic mass is 10.1. The van der Waals surface area contributed by atoms with Gasteiger partial charge in [0.1, 0.15) is 16.4 Å². The number of piperazine rings is 1. The van der Waals surface area contributed by atoms with Crippen LogP contribution in [0.5, 0.6) is 11.5 Å². The molecular formula is C27H29ClN6O3S. The number of rotatable bonds is 5. The van der Waals surface area contributed by atoms with E-state index in [-0.39, 0.29) is 22.4 Å². The number of nitrogens with zero attached hydrogens (tertiary/aromatic N) is 4. The minimum atomic E-state index is -3.82. The summed E-state index contributed by atoms with van der Waals surface area (Å²) in [5.41, 5.74) is 9.10. The highest BCUT2D eigenvalue weighted by Crippen LogP contribution is 2.46. The second-order valence-corrected chi connectivity index (χ2v) is 11.8. The Balaban J connectivity index is 1.42. The van der Waals surface area contributed by atoms with E-state index in [1.54, 1.807) is 13.0 Å². The summed E-state index contributed by atoms with van der Waals surface area (Å²) in [6.45, 7) is 9.42. The molecule has 0 amide bonds. The van der Waals surface area contributed by atoms with Gasteiger partial charge in [0.15, 0.2) is 9.84 Å². The highest BCUT2D eigenvalue weighted by Gasteiger charge is 2.32. The Labute approximate surface area is 227 Å². The van der Waals surface area contributed by atoms with Crippen LogP contribution in [0.3, 0.4) is 0 Å². The molecule has 38 heavy (non-hydrogen) atoms. The highest BCUT2D eigenvalue weighted by atomic mass is 35.5. The Morgan fingerprint density at radius 2 is 1.84 bits per heavy atom.